The number of amides is 1. The van der Waals surface area contributed by atoms with E-state index in [9.17, 15) is 4.79 Å². The van der Waals surface area contributed by atoms with Gasteiger partial charge in [0.1, 0.15) is 0 Å². The van der Waals surface area contributed by atoms with Gasteiger partial charge in [-0.3, -0.25) is 4.79 Å². The number of hydrogen-bond acceptors (Lipinski definition) is 5. The van der Waals surface area contributed by atoms with Gasteiger partial charge in [-0.15, -0.1) is 0 Å². The molecule has 96 valence electrons. The minimum absolute atomic E-state index is 0.0149. The molecule has 0 bridgehead atoms. The zero-order valence-corrected chi connectivity index (χ0v) is 10.6. The predicted molar refractivity (Wildman–Crippen MR) is 63.5 cm³/mol. The van der Waals surface area contributed by atoms with Crippen LogP contribution in [0.1, 0.15) is 32.0 Å². The average Bonchev–Trinajstić information content (AvgIpc) is 2.70. The van der Waals surface area contributed by atoms with E-state index in [1.54, 1.807) is 6.92 Å². The molecule has 17 heavy (non-hydrogen) atoms. The van der Waals surface area contributed by atoms with Crippen molar-refractivity contribution in [3.63, 3.8) is 0 Å². The average molecular weight is 240 g/mol. The Morgan fingerprint density at radius 2 is 2.29 bits per heavy atom. The van der Waals surface area contributed by atoms with Crippen molar-refractivity contribution in [2.45, 2.75) is 39.7 Å². The maximum Gasteiger partial charge on any atom is 0.234 e. The van der Waals surface area contributed by atoms with E-state index in [4.69, 9.17) is 4.52 Å². The van der Waals surface area contributed by atoms with Crippen molar-refractivity contribution in [1.29, 1.82) is 0 Å². The number of carbonyl (C=O) groups excluding carboxylic acids is 1. The van der Waals surface area contributed by atoms with Crippen molar-refractivity contribution in [3.05, 3.63) is 11.7 Å². The van der Waals surface area contributed by atoms with Gasteiger partial charge in [0.05, 0.1) is 6.54 Å². The van der Waals surface area contributed by atoms with Crippen LogP contribution in [0.25, 0.3) is 0 Å². The molecule has 6 nitrogen and oxygen atoms in total. The van der Waals surface area contributed by atoms with E-state index in [0.717, 1.165) is 6.42 Å². The first-order chi connectivity index (χ1) is 8.11. The second-order valence-electron chi connectivity index (χ2n) is 4.04. The number of aryl methyl sites for hydroxylation is 1. The number of hydrogen-bond donors (Lipinski definition) is 2. The Kier molecular flexibility index (Phi) is 5.62. The summed E-state index contributed by atoms with van der Waals surface area (Å²) in [7, 11) is 0. The SMILES string of the molecule is CCC(C)NC(=O)CNCCc1nc(C)no1. The van der Waals surface area contributed by atoms with Gasteiger partial charge >= 0.3 is 0 Å². The van der Waals surface area contributed by atoms with E-state index in [-0.39, 0.29) is 11.9 Å². The minimum atomic E-state index is 0.0149. The van der Waals surface area contributed by atoms with Gasteiger partial charge < -0.3 is 15.2 Å². The molecule has 0 saturated carbocycles. The molecule has 0 aliphatic carbocycles. The maximum atomic E-state index is 11.4. The summed E-state index contributed by atoms with van der Waals surface area (Å²) in [6, 6.07) is 0.225. The monoisotopic (exact) mass is 240 g/mol. The lowest BCUT2D eigenvalue weighted by Gasteiger charge is -2.11. The Bertz CT molecular complexity index is 351. The summed E-state index contributed by atoms with van der Waals surface area (Å²) in [6.07, 6.45) is 1.57. The Morgan fingerprint density at radius 1 is 1.53 bits per heavy atom. The summed E-state index contributed by atoms with van der Waals surface area (Å²) in [5.41, 5.74) is 0. The van der Waals surface area contributed by atoms with Gasteiger partial charge in [-0.1, -0.05) is 12.1 Å². The van der Waals surface area contributed by atoms with Gasteiger partial charge in [-0.05, 0) is 20.3 Å². The van der Waals surface area contributed by atoms with Crippen molar-refractivity contribution in [2.75, 3.05) is 13.1 Å². The van der Waals surface area contributed by atoms with Gasteiger partial charge in [0, 0.05) is 19.0 Å². The van der Waals surface area contributed by atoms with Gasteiger partial charge in [-0.25, -0.2) is 0 Å². The molecule has 0 aliphatic rings. The van der Waals surface area contributed by atoms with Crippen LogP contribution in [-0.4, -0.2) is 35.2 Å². The van der Waals surface area contributed by atoms with Gasteiger partial charge in [-0.2, -0.15) is 4.98 Å². The van der Waals surface area contributed by atoms with Crippen molar-refractivity contribution in [1.82, 2.24) is 20.8 Å². The molecule has 0 fully saturated rings. The second kappa shape index (κ2) is 7.01. The van der Waals surface area contributed by atoms with E-state index in [1.807, 2.05) is 13.8 Å². The molecule has 1 aromatic heterocycles. The normalized spacial score (nSPS) is 12.4. The molecule has 0 radical (unpaired) electrons. The molecule has 6 heteroatoms. The maximum absolute atomic E-state index is 11.4. The Hall–Kier alpha value is -1.43. The number of rotatable bonds is 7. The highest BCUT2D eigenvalue weighted by Gasteiger charge is 2.05. The molecule has 1 heterocycles. The summed E-state index contributed by atoms with van der Waals surface area (Å²) < 4.78 is 4.95. The lowest BCUT2D eigenvalue weighted by atomic mass is 10.2. The summed E-state index contributed by atoms with van der Waals surface area (Å²) in [5, 5.41) is 9.60. The molecule has 1 atom stereocenters. The molecule has 0 aliphatic heterocycles. The smallest absolute Gasteiger partial charge is 0.234 e. The largest absolute Gasteiger partial charge is 0.353 e. The first-order valence-corrected chi connectivity index (χ1v) is 5.91. The lowest BCUT2D eigenvalue weighted by Crippen LogP contribution is -2.39. The topological polar surface area (TPSA) is 80.0 Å². The van der Waals surface area contributed by atoms with Crippen molar-refractivity contribution >= 4 is 5.91 Å². The predicted octanol–water partition coefficient (Wildman–Crippen LogP) is 0.425. The van der Waals surface area contributed by atoms with Crippen LogP contribution in [-0.2, 0) is 11.2 Å². The van der Waals surface area contributed by atoms with E-state index in [2.05, 4.69) is 20.8 Å². The number of carbonyl (C=O) groups is 1. The third kappa shape index (κ3) is 5.44. The van der Waals surface area contributed by atoms with Gasteiger partial charge in [0.15, 0.2) is 5.82 Å². The fourth-order valence-corrected chi connectivity index (χ4v) is 1.27. The Morgan fingerprint density at radius 3 is 2.88 bits per heavy atom. The van der Waals surface area contributed by atoms with Crippen LogP contribution in [0.5, 0.6) is 0 Å². The number of aromatic nitrogens is 2. The lowest BCUT2D eigenvalue weighted by molar-refractivity contribution is -0.120. The third-order valence-corrected chi connectivity index (χ3v) is 2.39. The molecule has 1 unspecified atom stereocenters. The van der Waals surface area contributed by atoms with Gasteiger partial charge in [0.2, 0.25) is 11.8 Å². The van der Waals surface area contributed by atoms with Crippen LogP contribution in [0, 0.1) is 6.92 Å². The van der Waals surface area contributed by atoms with Crippen LogP contribution in [0.3, 0.4) is 0 Å². The second-order valence-corrected chi connectivity index (χ2v) is 4.04. The standard InChI is InChI=1S/C11H20N4O2/c1-4-8(2)13-10(16)7-12-6-5-11-14-9(3)15-17-11/h8,12H,4-7H2,1-3H3,(H,13,16). The fraction of sp³-hybridized carbons (Fsp3) is 0.727. The van der Waals surface area contributed by atoms with Crippen molar-refractivity contribution in [3.8, 4) is 0 Å². The molecule has 0 spiro atoms. The Balaban J connectivity index is 2.10. The fourth-order valence-electron chi connectivity index (χ4n) is 1.27. The summed E-state index contributed by atoms with van der Waals surface area (Å²) in [4.78, 5) is 15.5. The minimum Gasteiger partial charge on any atom is -0.353 e. The summed E-state index contributed by atoms with van der Waals surface area (Å²) >= 11 is 0. The quantitative estimate of drug-likeness (QED) is 0.675. The highest BCUT2D eigenvalue weighted by Crippen LogP contribution is 1.95. The molecule has 0 saturated heterocycles. The zero-order chi connectivity index (χ0) is 12.7. The first-order valence-electron chi connectivity index (χ1n) is 5.91. The summed E-state index contributed by atoms with van der Waals surface area (Å²) in [5.74, 6) is 1.24. The van der Waals surface area contributed by atoms with Crippen LogP contribution in [0.2, 0.25) is 0 Å². The molecule has 1 rings (SSSR count). The first kappa shape index (κ1) is 13.6. The molecular weight excluding hydrogens is 220 g/mol. The van der Waals surface area contributed by atoms with Crippen LogP contribution < -0.4 is 10.6 Å². The van der Waals surface area contributed by atoms with Crippen molar-refractivity contribution in [2.24, 2.45) is 0 Å². The van der Waals surface area contributed by atoms with Crippen molar-refractivity contribution < 1.29 is 9.32 Å². The molecule has 2 N–H and O–H groups in total. The molecular formula is C11H20N4O2. The number of nitrogens with zero attached hydrogens (tertiary/aromatic N) is 2. The summed E-state index contributed by atoms with van der Waals surface area (Å²) in [6.45, 7) is 6.77. The highest BCUT2D eigenvalue weighted by atomic mass is 16.5. The molecule has 1 aromatic rings. The third-order valence-electron chi connectivity index (χ3n) is 2.39. The van der Waals surface area contributed by atoms with E-state index in [1.165, 1.54) is 0 Å². The zero-order valence-electron chi connectivity index (χ0n) is 10.6. The van der Waals surface area contributed by atoms with E-state index in [0.29, 0.717) is 31.2 Å². The van der Waals surface area contributed by atoms with Gasteiger partial charge in [0.25, 0.3) is 0 Å². The highest BCUT2D eigenvalue weighted by molar-refractivity contribution is 5.78. The van der Waals surface area contributed by atoms with E-state index >= 15 is 0 Å². The van der Waals surface area contributed by atoms with Crippen LogP contribution in [0.15, 0.2) is 4.52 Å². The van der Waals surface area contributed by atoms with E-state index < -0.39 is 0 Å². The number of nitrogens with one attached hydrogen (secondary N) is 2. The Labute approximate surface area is 101 Å². The van der Waals surface area contributed by atoms with Crippen LogP contribution in [0.4, 0.5) is 0 Å². The molecule has 1 amide bonds. The van der Waals surface area contributed by atoms with Crippen LogP contribution >= 0.6 is 0 Å². The molecule has 0 aromatic carbocycles.